The molecule has 5 nitrogen and oxygen atoms in total. The molecular weight excluding hydrogens is 358 g/mol. The van der Waals surface area contributed by atoms with E-state index in [4.69, 9.17) is 23.2 Å². The molecule has 122 valence electrons. The van der Waals surface area contributed by atoms with Crippen molar-refractivity contribution in [2.45, 2.75) is 0 Å². The second kappa shape index (κ2) is 6.22. The Morgan fingerprint density at radius 3 is 2.38 bits per heavy atom. The minimum absolute atomic E-state index is 0.0569. The number of benzene rings is 2. The second-order valence-corrected chi connectivity index (χ2v) is 5.94. The van der Waals surface area contributed by atoms with Gasteiger partial charge in [-0.25, -0.2) is 4.39 Å². The van der Waals surface area contributed by atoms with Gasteiger partial charge in [0, 0.05) is 15.7 Å². The molecule has 3 amide bonds. The van der Waals surface area contributed by atoms with E-state index in [1.54, 1.807) is 0 Å². The molecule has 0 saturated carbocycles. The Morgan fingerprint density at radius 2 is 1.75 bits per heavy atom. The maximum Gasteiger partial charge on any atom is 0.265 e. The Balaban J connectivity index is 1.77. The van der Waals surface area contributed by atoms with Crippen LogP contribution in [0.1, 0.15) is 20.7 Å². The number of amides is 3. The average molecular weight is 367 g/mol. The summed E-state index contributed by atoms with van der Waals surface area (Å²) < 4.78 is 13.7. The number of rotatable bonds is 3. The summed E-state index contributed by atoms with van der Waals surface area (Å²) in [6.45, 7) is -0.546. The van der Waals surface area contributed by atoms with Crippen molar-refractivity contribution < 1.29 is 18.8 Å². The number of anilines is 1. The summed E-state index contributed by atoms with van der Waals surface area (Å²) in [5.41, 5.74) is -0.0556. The van der Waals surface area contributed by atoms with Gasteiger partial charge in [0.15, 0.2) is 0 Å². The molecule has 0 aromatic heterocycles. The smallest absolute Gasteiger partial charge is 0.265 e. The number of nitrogens with one attached hydrogen (secondary N) is 1. The molecule has 0 radical (unpaired) electrons. The van der Waals surface area contributed by atoms with Crippen molar-refractivity contribution in [3.63, 3.8) is 0 Å². The summed E-state index contributed by atoms with van der Waals surface area (Å²) in [6.07, 6.45) is 0. The van der Waals surface area contributed by atoms with Crippen molar-refractivity contribution in [3.05, 3.63) is 63.4 Å². The molecule has 0 atom stereocenters. The van der Waals surface area contributed by atoms with Crippen molar-refractivity contribution in [1.29, 1.82) is 0 Å². The van der Waals surface area contributed by atoms with E-state index in [-0.39, 0.29) is 11.1 Å². The van der Waals surface area contributed by atoms with Gasteiger partial charge in [-0.15, -0.1) is 0 Å². The third kappa shape index (κ3) is 2.98. The molecule has 0 saturated heterocycles. The Bertz CT molecular complexity index is 865. The lowest BCUT2D eigenvalue weighted by molar-refractivity contribution is -0.116. The first-order valence-corrected chi connectivity index (χ1v) is 7.53. The van der Waals surface area contributed by atoms with Crippen molar-refractivity contribution >= 4 is 46.6 Å². The fourth-order valence-corrected chi connectivity index (χ4v) is 2.93. The number of carbonyl (C=O) groups is 3. The largest absolute Gasteiger partial charge is 0.324 e. The SMILES string of the molecule is O=C(CN1C(=O)c2cccc(F)c2C1=O)Nc1cc(Cl)cc(Cl)c1. The number of nitrogens with zero attached hydrogens (tertiary/aromatic N) is 1. The molecule has 0 aliphatic carbocycles. The lowest BCUT2D eigenvalue weighted by Gasteiger charge is -2.14. The molecule has 0 bridgehead atoms. The molecule has 2 aromatic carbocycles. The van der Waals surface area contributed by atoms with Gasteiger partial charge < -0.3 is 5.32 Å². The molecule has 1 N–H and O–H groups in total. The van der Waals surface area contributed by atoms with E-state index < -0.39 is 30.1 Å². The Kier molecular flexibility index (Phi) is 4.26. The van der Waals surface area contributed by atoms with E-state index >= 15 is 0 Å². The summed E-state index contributed by atoms with van der Waals surface area (Å²) in [4.78, 5) is 37.1. The van der Waals surface area contributed by atoms with Gasteiger partial charge in [-0.1, -0.05) is 29.3 Å². The monoisotopic (exact) mass is 366 g/mol. The van der Waals surface area contributed by atoms with Gasteiger partial charge >= 0.3 is 0 Å². The van der Waals surface area contributed by atoms with Gasteiger partial charge in [0.2, 0.25) is 5.91 Å². The molecule has 0 spiro atoms. The highest BCUT2D eigenvalue weighted by molar-refractivity contribution is 6.35. The number of carbonyl (C=O) groups excluding carboxylic acids is 3. The molecule has 0 fully saturated rings. The van der Waals surface area contributed by atoms with Crippen LogP contribution in [-0.2, 0) is 4.79 Å². The van der Waals surface area contributed by atoms with Gasteiger partial charge in [0.1, 0.15) is 12.4 Å². The normalized spacial score (nSPS) is 13.2. The molecule has 24 heavy (non-hydrogen) atoms. The number of hydrogen-bond acceptors (Lipinski definition) is 3. The van der Waals surface area contributed by atoms with Gasteiger partial charge in [0.05, 0.1) is 11.1 Å². The third-order valence-electron chi connectivity index (χ3n) is 3.40. The summed E-state index contributed by atoms with van der Waals surface area (Å²) in [5, 5.41) is 3.13. The molecule has 1 aliphatic rings. The lowest BCUT2D eigenvalue weighted by Crippen LogP contribution is -2.37. The van der Waals surface area contributed by atoms with E-state index in [0.717, 1.165) is 6.07 Å². The predicted molar refractivity (Wildman–Crippen MR) is 86.9 cm³/mol. The molecular formula is C16H9Cl2FN2O3. The first kappa shape index (κ1) is 16.4. The summed E-state index contributed by atoms with van der Waals surface area (Å²) in [7, 11) is 0. The maximum atomic E-state index is 13.7. The Labute approximate surface area is 146 Å². The summed E-state index contributed by atoms with van der Waals surface area (Å²) in [5.74, 6) is -2.99. The zero-order valence-corrected chi connectivity index (χ0v) is 13.5. The topological polar surface area (TPSA) is 66.5 Å². The highest BCUT2D eigenvalue weighted by Gasteiger charge is 2.38. The molecule has 1 aliphatic heterocycles. The molecule has 0 unspecified atom stereocenters. The van der Waals surface area contributed by atoms with Crippen LogP contribution in [0.5, 0.6) is 0 Å². The fraction of sp³-hybridized carbons (Fsp3) is 0.0625. The van der Waals surface area contributed by atoms with Crippen molar-refractivity contribution in [2.75, 3.05) is 11.9 Å². The van der Waals surface area contributed by atoms with Gasteiger partial charge in [-0.3, -0.25) is 19.3 Å². The van der Waals surface area contributed by atoms with Crippen LogP contribution in [0.3, 0.4) is 0 Å². The van der Waals surface area contributed by atoms with Gasteiger partial charge in [0.25, 0.3) is 11.8 Å². The lowest BCUT2D eigenvalue weighted by atomic mass is 10.1. The van der Waals surface area contributed by atoms with Crippen LogP contribution in [0.15, 0.2) is 36.4 Å². The van der Waals surface area contributed by atoms with Crippen molar-refractivity contribution in [3.8, 4) is 0 Å². The molecule has 8 heteroatoms. The number of imide groups is 1. The summed E-state index contributed by atoms with van der Waals surface area (Å²) >= 11 is 11.7. The zero-order valence-electron chi connectivity index (χ0n) is 12.0. The first-order chi connectivity index (χ1) is 11.4. The Morgan fingerprint density at radius 1 is 1.08 bits per heavy atom. The minimum atomic E-state index is -0.840. The fourth-order valence-electron chi connectivity index (χ4n) is 2.41. The number of halogens is 3. The highest BCUT2D eigenvalue weighted by atomic mass is 35.5. The number of hydrogen-bond donors (Lipinski definition) is 1. The minimum Gasteiger partial charge on any atom is -0.324 e. The van der Waals surface area contributed by atoms with Gasteiger partial charge in [-0.2, -0.15) is 0 Å². The van der Waals surface area contributed by atoms with Gasteiger partial charge in [-0.05, 0) is 30.3 Å². The van der Waals surface area contributed by atoms with E-state index in [0.29, 0.717) is 20.6 Å². The number of fused-ring (bicyclic) bond motifs is 1. The van der Waals surface area contributed by atoms with Crippen LogP contribution < -0.4 is 5.32 Å². The van der Waals surface area contributed by atoms with E-state index in [1.807, 2.05) is 0 Å². The first-order valence-electron chi connectivity index (χ1n) is 6.77. The molecule has 3 rings (SSSR count). The van der Waals surface area contributed by atoms with Crippen LogP contribution in [0.2, 0.25) is 10.0 Å². The second-order valence-electron chi connectivity index (χ2n) is 5.07. The Hall–Kier alpha value is -2.44. The summed E-state index contributed by atoms with van der Waals surface area (Å²) in [6, 6.07) is 8.18. The van der Waals surface area contributed by atoms with E-state index in [9.17, 15) is 18.8 Å². The van der Waals surface area contributed by atoms with Crippen LogP contribution in [0, 0.1) is 5.82 Å². The highest BCUT2D eigenvalue weighted by Crippen LogP contribution is 2.26. The molecule has 1 heterocycles. The third-order valence-corrected chi connectivity index (χ3v) is 3.83. The zero-order chi connectivity index (χ0) is 17.4. The maximum absolute atomic E-state index is 13.7. The average Bonchev–Trinajstić information content (AvgIpc) is 2.72. The van der Waals surface area contributed by atoms with Crippen molar-refractivity contribution in [1.82, 2.24) is 4.90 Å². The van der Waals surface area contributed by atoms with E-state index in [2.05, 4.69) is 5.32 Å². The van der Waals surface area contributed by atoms with Crippen LogP contribution >= 0.6 is 23.2 Å². The predicted octanol–water partition coefficient (Wildman–Crippen LogP) is 3.37. The van der Waals surface area contributed by atoms with Crippen LogP contribution in [0.25, 0.3) is 0 Å². The van der Waals surface area contributed by atoms with Crippen LogP contribution in [-0.4, -0.2) is 29.2 Å². The quantitative estimate of drug-likeness (QED) is 0.846. The van der Waals surface area contributed by atoms with Crippen LogP contribution in [0.4, 0.5) is 10.1 Å². The van der Waals surface area contributed by atoms with E-state index in [1.165, 1.54) is 30.3 Å². The standard InChI is InChI=1S/C16H9Cl2FN2O3/c17-8-4-9(18)6-10(5-8)20-13(22)7-21-15(23)11-2-1-3-12(19)14(11)16(21)24/h1-6H,7H2,(H,20,22). The van der Waals surface area contributed by atoms with Crippen molar-refractivity contribution in [2.24, 2.45) is 0 Å². The molecule has 2 aromatic rings.